The highest BCUT2D eigenvalue weighted by Crippen LogP contribution is 2.31. The summed E-state index contributed by atoms with van der Waals surface area (Å²) in [6, 6.07) is 4.01. The molecular weight excluding hydrogens is 466 g/mol. The molecule has 0 bridgehead atoms. The van der Waals surface area contributed by atoms with Crippen molar-refractivity contribution < 1.29 is 52.7 Å². The van der Waals surface area contributed by atoms with Gasteiger partial charge in [0, 0.05) is 12.8 Å². The van der Waals surface area contributed by atoms with Crippen LogP contribution in [0.4, 0.5) is 14.4 Å². The molecule has 0 radical (unpaired) electrons. The van der Waals surface area contributed by atoms with Crippen LogP contribution in [0.15, 0.2) is 18.2 Å². The summed E-state index contributed by atoms with van der Waals surface area (Å²) in [6.45, 7) is 1.52. The number of nitrogens with two attached hydrogens (primary N) is 1. The number of carbonyl (C=O) groups is 4. The van der Waals surface area contributed by atoms with Gasteiger partial charge in [-0.3, -0.25) is 4.79 Å². The monoisotopic (exact) mass is 497 g/mol. The molecule has 0 saturated heterocycles. The summed E-state index contributed by atoms with van der Waals surface area (Å²) in [5, 5.41) is 9.81. The summed E-state index contributed by atoms with van der Waals surface area (Å²) in [6.07, 6.45) is 0.0504. The summed E-state index contributed by atoms with van der Waals surface area (Å²) in [7, 11) is 2.18. The van der Waals surface area contributed by atoms with Crippen LogP contribution in [0.2, 0.25) is 0 Å². The van der Waals surface area contributed by atoms with Crippen LogP contribution in [-0.2, 0) is 30.2 Å². The second-order valence-corrected chi connectivity index (χ2v) is 8.29. The highest BCUT2D eigenvalue weighted by atomic mass is 16.7. The Labute approximate surface area is 202 Å². The fraction of sp³-hybridized carbons (Fsp3) is 0.565. The lowest BCUT2D eigenvalue weighted by Gasteiger charge is -2.28. The maximum Gasteiger partial charge on any atom is 0.513 e. The smallest absolute Gasteiger partial charge is 0.480 e. The minimum atomic E-state index is -1.85. The molecule has 0 amide bonds. The molecule has 0 heterocycles. The standard InChI is InChI=1S/C23H31NO11/c1-14(32-22(29)33-16-7-5-4-6-8-16)12-23(24,19(25)26)13-15-9-10-17(34-20(27)30-2)18(11-15)35-21(28)31-3/h9-11,14,16H,4-8,12-13,24H2,1-3H3,(H,25,26)/t14-,23?/m0/s1. The van der Waals surface area contributed by atoms with E-state index in [1.54, 1.807) is 0 Å². The van der Waals surface area contributed by atoms with Crippen LogP contribution in [0.5, 0.6) is 11.5 Å². The van der Waals surface area contributed by atoms with Gasteiger partial charge in [-0.25, -0.2) is 14.4 Å². The van der Waals surface area contributed by atoms with Gasteiger partial charge in [-0.1, -0.05) is 12.5 Å². The van der Waals surface area contributed by atoms with Crippen molar-refractivity contribution in [1.82, 2.24) is 0 Å². The molecule has 2 atom stereocenters. The van der Waals surface area contributed by atoms with E-state index >= 15 is 0 Å². The molecule has 0 aromatic heterocycles. The molecule has 1 saturated carbocycles. The van der Waals surface area contributed by atoms with Gasteiger partial charge >= 0.3 is 24.4 Å². The van der Waals surface area contributed by atoms with Crippen molar-refractivity contribution in [3.8, 4) is 11.5 Å². The Kier molecular flexibility index (Phi) is 10.1. The number of methoxy groups -OCH3 is 2. The first-order valence-electron chi connectivity index (χ1n) is 11.1. The van der Waals surface area contributed by atoms with E-state index in [-0.39, 0.29) is 30.4 Å². The van der Waals surface area contributed by atoms with Gasteiger partial charge in [-0.2, -0.15) is 0 Å². The average molecular weight is 497 g/mol. The second kappa shape index (κ2) is 12.8. The summed E-state index contributed by atoms with van der Waals surface area (Å²) in [5.41, 5.74) is 4.67. The molecule has 2 rings (SSSR count). The molecule has 12 nitrogen and oxygen atoms in total. The number of rotatable bonds is 9. The molecule has 1 fully saturated rings. The number of benzene rings is 1. The summed E-state index contributed by atoms with van der Waals surface area (Å²) in [5.74, 6) is -1.71. The van der Waals surface area contributed by atoms with Crippen LogP contribution in [0.3, 0.4) is 0 Å². The lowest BCUT2D eigenvalue weighted by Crippen LogP contribution is -2.52. The molecule has 35 heavy (non-hydrogen) atoms. The zero-order valence-electron chi connectivity index (χ0n) is 19.9. The molecule has 1 aromatic carbocycles. The number of carbonyl (C=O) groups excluding carboxylic acids is 3. The number of hydrogen-bond donors (Lipinski definition) is 2. The Morgan fingerprint density at radius 2 is 1.60 bits per heavy atom. The quantitative estimate of drug-likeness (QED) is 0.289. The summed E-state index contributed by atoms with van der Waals surface area (Å²) < 4.78 is 29.4. The van der Waals surface area contributed by atoms with Crippen LogP contribution in [-0.4, -0.2) is 61.5 Å². The number of hydrogen-bond acceptors (Lipinski definition) is 11. The molecule has 0 spiro atoms. The fourth-order valence-electron chi connectivity index (χ4n) is 3.75. The van der Waals surface area contributed by atoms with E-state index in [0.29, 0.717) is 5.56 Å². The fourth-order valence-corrected chi connectivity index (χ4v) is 3.75. The minimum Gasteiger partial charge on any atom is -0.480 e. The zero-order valence-corrected chi connectivity index (χ0v) is 19.9. The van der Waals surface area contributed by atoms with Crippen LogP contribution >= 0.6 is 0 Å². The van der Waals surface area contributed by atoms with Gasteiger partial charge in [0.2, 0.25) is 0 Å². The van der Waals surface area contributed by atoms with E-state index in [1.165, 1.54) is 25.1 Å². The van der Waals surface area contributed by atoms with Gasteiger partial charge in [0.25, 0.3) is 0 Å². The first-order valence-corrected chi connectivity index (χ1v) is 11.1. The molecule has 1 aromatic rings. The molecule has 1 aliphatic carbocycles. The highest BCUT2D eigenvalue weighted by Gasteiger charge is 2.37. The number of aliphatic carboxylic acids is 1. The third kappa shape index (κ3) is 8.63. The van der Waals surface area contributed by atoms with Crippen molar-refractivity contribution in [2.75, 3.05) is 14.2 Å². The first kappa shape index (κ1) is 27.7. The predicted octanol–water partition coefficient (Wildman–Crippen LogP) is 3.57. The van der Waals surface area contributed by atoms with Crippen LogP contribution < -0.4 is 15.2 Å². The van der Waals surface area contributed by atoms with Gasteiger partial charge in [0.05, 0.1) is 14.2 Å². The number of ether oxygens (including phenoxy) is 6. The lowest BCUT2D eigenvalue weighted by molar-refractivity contribution is -0.144. The Bertz CT molecular complexity index is 913. The van der Waals surface area contributed by atoms with Gasteiger partial charge in [-0.15, -0.1) is 0 Å². The summed E-state index contributed by atoms with van der Waals surface area (Å²) in [4.78, 5) is 47.2. The SMILES string of the molecule is COC(=O)Oc1ccc(CC(N)(C[C@H](C)OC(=O)OC2CCCCC2)C(=O)O)cc1OC(=O)OC. The molecule has 194 valence electrons. The van der Waals surface area contributed by atoms with E-state index in [2.05, 4.69) is 9.47 Å². The normalized spacial score (nSPS) is 16.2. The van der Waals surface area contributed by atoms with Crippen molar-refractivity contribution in [3.63, 3.8) is 0 Å². The molecular formula is C23H31NO11. The second-order valence-electron chi connectivity index (χ2n) is 8.29. The zero-order chi connectivity index (χ0) is 26.0. The number of carboxylic acid groups (broad SMARTS) is 1. The van der Waals surface area contributed by atoms with Crippen LogP contribution in [0.1, 0.15) is 51.0 Å². The maximum atomic E-state index is 12.1. The van der Waals surface area contributed by atoms with Crippen molar-refractivity contribution in [2.45, 2.75) is 69.6 Å². The lowest BCUT2D eigenvalue weighted by atomic mass is 9.86. The first-order chi connectivity index (χ1) is 16.6. The third-order valence-corrected chi connectivity index (χ3v) is 5.44. The van der Waals surface area contributed by atoms with Gasteiger partial charge in [-0.05, 0) is 50.3 Å². The molecule has 1 unspecified atom stereocenters. The Morgan fingerprint density at radius 3 is 2.17 bits per heavy atom. The minimum absolute atomic E-state index is 0.161. The highest BCUT2D eigenvalue weighted by molar-refractivity contribution is 5.79. The van der Waals surface area contributed by atoms with Gasteiger partial charge in [0.1, 0.15) is 17.7 Å². The van der Waals surface area contributed by atoms with E-state index in [0.717, 1.165) is 46.3 Å². The summed E-state index contributed by atoms with van der Waals surface area (Å²) >= 11 is 0. The molecule has 0 aliphatic heterocycles. The maximum absolute atomic E-state index is 12.1. The van der Waals surface area contributed by atoms with E-state index in [4.69, 9.17) is 24.7 Å². The third-order valence-electron chi connectivity index (χ3n) is 5.44. The predicted molar refractivity (Wildman–Crippen MR) is 119 cm³/mol. The Morgan fingerprint density at radius 1 is 1.00 bits per heavy atom. The molecule has 12 heteroatoms. The Hall–Kier alpha value is -3.54. The van der Waals surface area contributed by atoms with Crippen LogP contribution in [0.25, 0.3) is 0 Å². The van der Waals surface area contributed by atoms with E-state index < -0.39 is 36.1 Å². The Balaban J connectivity index is 2.12. The van der Waals surface area contributed by atoms with Crippen molar-refractivity contribution in [3.05, 3.63) is 23.8 Å². The van der Waals surface area contributed by atoms with E-state index in [9.17, 15) is 24.3 Å². The largest absolute Gasteiger partial charge is 0.513 e. The molecule has 3 N–H and O–H groups in total. The topological polar surface area (TPSA) is 170 Å². The van der Waals surface area contributed by atoms with Crippen molar-refractivity contribution >= 4 is 24.4 Å². The van der Waals surface area contributed by atoms with Crippen LogP contribution in [0, 0.1) is 0 Å². The van der Waals surface area contributed by atoms with Crippen molar-refractivity contribution in [1.29, 1.82) is 0 Å². The van der Waals surface area contributed by atoms with E-state index in [1.807, 2.05) is 0 Å². The van der Waals surface area contributed by atoms with Gasteiger partial charge in [0.15, 0.2) is 11.5 Å². The van der Waals surface area contributed by atoms with Crippen molar-refractivity contribution in [2.24, 2.45) is 5.73 Å². The number of carboxylic acids is 1. The average Bonchev–Trinajstić information content (AvgIpc) is 2.80. The van der Waals surface area contributed by atoms with Gasteiger partial charge < -0.3 is 39.3 Å². The molecule has 1 aliphatic rings.